The van der Waals surface area contributed by atoms with E-state index in [4.69, 9.17) is 0 Å². The fourth-order valence-corrected chi connectivity index (χ4v) is 3.38. The third-order valence-corrected chi connectivity index (χ3v) is 4.94. The molecular weight excluding hydrogens is 403 g/mol. The molecule has 0 spiro atoms. The molecule has 0 bridgehead atoms. The summed E-state index contributed by atoms with van der Waals surface area (Å²) in [4.78, 5) is 6.36. The van der Waals surface area contributed by atoms with Gasteiger partial charge in [0.15, 0.2) is 11.6 Å². The normalized spacial score (nSPS) is 11.5. The molecule has 0 aliphatic carbocycles. The van der Waals surface area contributed by atoms with Gasteiger partial charge in [0.1, 0.15) is 0 Å². The molecule has 0 atom stereocenters. The van der Waals surface area contributed by atoms with E-state index in [1.54, 1.807) is 6.20 Å². The largest absolute Gasteiger partial charge is 0.416 e. The van der Waals surface area contributed by atoms with E-state index >= 15 is 0 Å². The zero-order valence-corrected chi connectivity index (χ0v) is 17.2. The van der Waals surface area contributed by atoms with Crippen LogP contribution >= 0.6 is 0 Å². The average molecular weight is 423 g/mol. The van der Waals surface area contributed by atoms with Crippen molar-refractivity contribution < 1.29 is 13.2 Å². The van der Waals surface area contributed by atoms with Crippen LogP contribution in [-0.2, 0) is 6.18 Å². The van der Waals surface area contributed by atoms with Crippen molar-refractivity contribution in [3.8, 4) is 11.3 Å². The van der Waals surface area contributed by atoms with Crippen molar-refractivity contribution in [1.29, 1.82) is 0 Å². The lowest BCUT2D eigenvalue weighted by Gasteiger charge is -2.17. The number of aromatic nitrogens is 3. The van der Waals surface area contributed by atoms with E-state index in [0.29, 0.717) is 17.3 Å². The van der Waals surface area contributed by atoms with Crippen molar-refractivity contribution in [3.63, 3.8) is 0 Å². The van der Waals surface area contributed by atoms with Gasteiger partial charge in [0, 0.05) is 42.3 Å². The second-order valence-corrected chi connectivity index (χ2v) is 7.40. The van der Waals surface area contributed by atoms with Gasteiger partial charge in [-0.1, -0.05) is 12.1 Å². The quantitative estimate of drug-likeness (QED) is 0.448. The first kappa shape index (κ1) is 20.6. The molecule has 2 aromatic heterocycles. The molecule has 0 amide bonds. The Hall–Kier alpha value is -3.68. The Morgan fingerprint density at radius 1 is 0.903 bits per heavy atom. The number of fused-ring (bicyclic) bond motifs is 1. The lowest BCUT2D eigenvalue weighted by Crippen LogP contribution is -2.13. The van der Waals surface area contributed by atoms with Gasteiger partial charge < -0.3 is 10.2 Å². The summed E-state index contributed by atoms with van der Waals surface area (Å²) in [6.07, 6.45) is -2.62. The van der Waals surface area contributed by atoms with Crippen LogP contribution in [0, 0.1) is 6.92 Å². The minimum Gasteiger partial charge on any atom is -0.361 e. The maximum atomic E-state index is 12.8. The Bertz CT molecular complexity index is 1230. The zero-order chi connectivity index (χ0) is 22.2. The van der Waals surface area contributed by atoms with Crippen molar-refractivity contribution in [2.45, 2.75) is 13.1 Å². The molecule has 0 radical (unpaired) electrons. The van der Waals surface area contributed by atoms with Gasteiger partial charge in [-0.3, -0.25) is 4.98 Å². The minimum absolute atomic E-state index is 0.463. The van der Waals surface area contributed by atoms with Crippen molar-refractivity contribution >= 4 is 28.1 Å². The molecule has 8 heteroatoms. The molecule has 158 valence electrons. The molecular formula is C23H20F3N5. The highest BCUT2D eigenvalue weighted by molar-refractivity contribution is 6.01. The number of benzene rings is 2. The molecule has 0 saturated carbocycles. The molecule has 5 nitrogen and oxygen atoms in total. The number of nitrogens with zero attached hydrogens (tertiary/aromatic N) is 4. The maximum Gasteiger partial charge on any atom is 0.416 e. The molecule has 2 aromatic carbocycles. The third kappa shape index (κ3) is 4.14. The Labute approximate surface area is 177 Å². The average Bonchev–Trinajstić information content (AvgIpc) is 2.73. The molecule has 4 aromatic rings. The molecule has 0 aliphatic heterocycles. The van der Waals surface area contributed by atoms with Crippen LogP contribution in [0.2, 0.25) is 0 Å². The number of pyridine rings is 1. The van der Waals surface area contributed by atoms with Crippen LogP contribution in [0.5, 0.6) is 0 Å². The Morgan fingerprint density at radius 3 is 2.29 bits per heavy atom. The number of anilines is 3. The Morgan fingerprint density at radius 2 is 1.65 bits per heavy atom. The van der Waals surface area contributed by atoms with Crippen LogP contribution in [-0.4, -0.2) is 29.3 Å². The highest BCUT2D eigenvalue weighted by Gasteiger charge is 2.30. The third-order valence-electron chi connectivity index (χ3n) is 4.94. The number of halogens is 3. The first-order chi connectivity index (χ1) is 14.7. The van der Waals surface area contributed by atoms with E-state index in [-0.39, 0.29) is 0 Å². The predicted molar refractivity (Wildman–Crippen MR) is 117 cm³/mol. The lowest BCUT2D eigenvalue weighted by atomic mass is 10.0. The fourth-order valence-electron chi connectivity index (χ4n) is 3.38. The van der Waals surface area contributed by atoms with Crippen LogP contribution in [0.1, 0.15) is 11.1 Å². The van der Waals surface area contributed by atoms with Gasteiger partial charge in [-0.15, -0.1) is 10.2 Å². The second-order valence-electron chi connectivity index (χ2n) is 7.40. The van der Waals surface area contributed by atoms with E-state index in [9.17, 15) is 13.2 Å². The minimum atomic E-state index is -4.38. The highest BCUT2D eigenvalue weighted by Crippen LogP contribution is 2.34. The topological polar surface area (TPSA) is 53.9 Å². The van der Waals surface area contributed by atoms with Crippen molar-refractivity contribution in [2.75, 3.05) is 24.3 Å². The first-order valence-corrected chi connectivity index (χ1v) is 9.58. The summed E-state index contributed by atoms with van der Waals surface area (Å²) >= 11 is 0. The number of alkyl halides is 3. The monoisotopic (exact) mass is 423 g/mol. The number of hydrogen-bond acceptors (Lipinski definition) is 5. The van der Waals surface area contributed by atoms with Crippen molar-refractivity contribution in [3.05, 3.63) is 71.9 Å². The summed E-state index contributed by atoms with van der Waals surface area (Å²) in [7, 11) is 3.76. The number of hydrogen-bond donors (Lipinski definition) is 1. The highest BCUT2D eigenvalue weighted by atomic mass is 19.4. The zero-order valence-electron chi connectivity index (χ0n) is 17.2. The number of nitrogens with one attached hydrogen (secondary N) is 1. The summed E-state index contributed by atoms with van der Waals surface area (Å²) in [5.74, 6) is 1.15. The summed E-state index contributed by atoms with van der Waals surface area (Å²) in [5.41, 5.74) is 2.67. The Balaban J connectivity index is 1.78. The summed E-state index contributed by atoms with van der Waals surface area (Å²) < 4.78 is 38.5. The van der Waals surface area contributed by atoms with Gasteiger partial charge in [0.25, 0.3) is 0 Å². The van der Waals surface area contributed by atoms with E-state index in [1.165, 1.54) is 12.1 Å². The van der Waals surface area contributed by atoms with E-state index < -0.39 is 11.7 Å². The van der Waals surface area contributed by atoms with Crippen LogP contribution in [0.3, 0.4) is 0 Å². The Kier molecular flexibility index (Phi) is 5.22. The SMILES string of the molecule is Cc1cccnc1-c1ccc2c(Nc3ccc(C(F)(F)F)cc3)nnc(N(C)C)c2c1. The van der Waals surface area contributed by atoms with Crippen molar-refractivity contribution in [2.24, 2.45) is 0 Å². The number of rotatable bonds is 4. The summed E-state index contributed by atoms with van der Waals surface area (Å²) in [6.45, 7) is 2.00. The standard InChI is InChI=1S/C23H20F3N5/c1-14-5-4-12-27-20(14)15-6-11-18-19(13-15)22(31(2)3)30-29-21(18)28-17-9-7-16(8-10-17)23(24,25)26/h4-13H,1-3H3,(H,28,29). The molecule has 0 aliphatic rings. The lowest BCUT2D eigenvalue weighted by molar-refractivity contribution is -0.137. The molecule has 4 rings (SSSR count). The van der Waals surface area contributed by atoms with Crippen LogP contribution in [0.15, 0.2) is 60.8 Å². The van der Waals surface area contributed by atoms with Crippen LogP contribution < -0.4 is 10.2 Å². The molecule has 0 unspecified atom stereocenters. The van der Waals surface area contributed by atoms with Gasteiger partial charge in [-0.25, -0.2) is 0 Å². The van der Waals surface area contributed by atoms with Crippen molar-refractivity contribution in [1.82, 2.24) is 15.2 Å². The van der Waals surface area contributed by atoms with E-state index in [2.05, 4.69) is 20.5 Å². The molecule has 0 saturated heterocycles. The first-order valence-electron chi connectivity index (χ1n) is 9.58. The van der Waals surface area contributed by atoms with Gasteiger partial charge >= 0.3 is 6.18 Å². The van der Waals surface area contributed by atoms with Gasteiger partial charge in [-0.05, 0) is 55.0 Å². The van der Waals surface area contributed by atoms with Crippen LogP contribution in [0.4, 0.5) is 30.5 Å². The molecule has 31 heavy (non-hydrogen) atoms. The van der Waals surface area contributed by atoms with E-state index in [1.807, 2.05) is 56.3 Å². The fraction of sp³-hybridized carbons (Fsp3) is 0.174. The molecule has 1 N–H and O–H groups in total. The van der Waals surface area contributed by atoms with Gasteiger partial charge in [0.2, 0.25) is 0 Å². The van der Waals surface area contributed by atoms with Crippen LogP contribution in [0.25, 0.3) is 22.0 Å². The predicted octanol–water partition coefficient (Wildman–Crippen LogP) is 5.83. The number of aryl methyl sites for hydroxylation is 1. The molecule has 2 heterocycles. The second kappa shape index (κ2) is 7.86. The van der Waals surface area contributed by atoms with Gasteiger partial charge in [-0.2, -0.15) is 13.2 Å². The van der Waals surface area contributed by atoms with E-state index in [0.717, 1.165) is 39.7 Å². The smallest absolute Gasteiger partial charge is 0.361 e. The summed E-state index contributed by atoms with van der Waals surface area (Å²) in [6, 6.07) is 14.6. The van der Waals surface area contributed by atoms with Gasteiger partial charge in [0.05, 0.1) is 11.3 Å². The summed E-state index contributed by atoms with van der Waals surface area (Å²) in [5, 5.41) is 13.4. The maximum absolute atomic E-state index is 12.8. The molecule has 0 fully saturated rings.